The van der Waals surface area contributed by atoms with Crippen LogP contribution in [0.15, 0.2) is 4.99 Å². The zero-order chi connectivity index (χ0) is 17.7. The van der Waals surface area contributed by atoms with Gasteiger partial charge < -0.3 is 15.0 Å². The van der Waals surface area contributed by atoms with Gasteiger partial charge in [-0.1, -0.05) is 0 Å². The Balaban J connectivity index is 2.41. The van der Waals surface area contributed by atoms with Gasteiger partial charge in [0.25, 0.3) is 0 Å². The molecular weight excluding hydrogens is 342 g/mol. The smallest absolute Gasteiger partial charge is 0.193 e. The average molecular weight is 370 g/mol. The molecule has 0 unspecified atom stereocenters. The molecule has 0 radical (unpaired) electrons. The van der Waals surface area contributed by atoms with Crippen molar-refractivity contribution in [2.45, 2.75) is 18.6 Å². The second-order valence-corrected chi connectivity index (χ2v) is 11.2. The van der Waals surface area contributed by atoms with Gasteiger partial charge in [-0.2, -0.15) is 0 Å². The maximum Gasteiger partial charge on any atom is 0.193 e. The summed E-state index contributed by atoms with van der Waals surface area (Å²) in [5.41, 5.74) is 0. The lowest BCUT2D eigenvalue weighted by Crippen LogP contribution is -2.57. The Labute approximate surface area is 139 Å². The molecule has 1 fully saturated rings. The molecule has 1 saturated heterocycles. The molecule has 23 heavy (non-hydrogen) atoms. The predicted octanol–water partition coefficient (Wildman–Crippen LogP) is -0.868. The fraction of sp³-hybridized carbons (Fsp3) is 0.923. The van der Waals surface area contributed by atoms with Crippen LogP contribution < -0.4 is 5.32 Å². The third-order valence-electron chi connectivity index (χ3n) is 3.68. The highest BCUT2D eigenvalue weighted by Crippen LogP contribution is 2.23. The first-order valence-electron chi connectivity index (χ1n) is 7.42. The van der Waals surface area contributed by atoms with Crippen molar-refractivity contribution in [2.24, 2.45) is 4.99 Å². The van der Waals surface area contributed by atoms with E-state index >= 15 is 0 Å². The number of guanidine groups is 1. The van der Waals surface area contributed by atoms with E-state index in [9.17, 15) is 16.8 Å². The normalized spacial score (nSPS) is 21.2. The lowest BCUT2D eigenvalue weighted by molar-refractivity contribution is 0.153. The minimum Gasteiger partial charge on any atom is -0.379 e. The van der Waals surface area contributed by atoms with Crippen LogP contribution in [-0.2, 0) is 24.4 Å². The van der Waals surface area contributed by atoms with Gasteiger partial charge in [-0.25, -0.2) is 16.8 Å². The molecule has 0 aromatic heterocycles. The van der Waals surface area contributed by atoms with E-state index in [1.54, 1.807) is 20.9 Å². The molecule has 8 nitrogen and oxygen atoms in total. The van der Waals surface area contributed by atoms with Crippen LogP contribution in [0.25, 0.3) is 0 Å². The molecule has 1 aliphatic rings. The van der Waals surface area contributed by atoms with Crippen LogP contribution >= 0.6 is 0 Å². The Morgan fingerprint density at radius 1 is 1.35 bits per heavy atom. The van der Waals surface area contributed by atoms with Crippen LogP contribution in [0.3, 0.4) is 0 Å². The van der Waals surface area contributed by atoms with Gasteiger partial charge in [0, 0.05) is 32.9 Å². The Bertz CT molecular complexity index is 626. The zero-order valence-corrected chi connectivity index (χ0v) is 15.8. The van der Waals surface area contributed by atoms with Crippen molar-refractivity contribution in [3.05, 3.63) is 0 Å². The highest BCUT2D eigenvalue weighted by Gasteiger charge is 2.40. The van der Waals surface area contributed by atoms with Crippen LogP contribution in [0, 0.1) is 0 Å². The second kappa shape index (κ2) is 7.80. The minimum atomic E-state index is -3.09. The van der Waals surface area contributed by atoms with Crippen molar-refractivity contribution < 1.29 is 21.6 Å². The van der Waals surface area contributed by atoms with Crippen LogP contribution in [0.1, 0.15) is 13.8 Å². The molecule has 0 aliphatic carbocycles. The summed E-state index contributed by atoms with van der Waals surface area (Å²) >= 11 is 0. The SMILES string of the molecule is CN=C(NCCOCCS(C)(=O)=O)N1CCS(=O)(=O)C(C)(C)C1. The Morgan fingerprint density at radius 2 is 2.00 bits per heavy atom. The summed E-state index contributed by atoms with van der Waals surface area (Å²) in [6.07, 6.45) is 1.17. The molecule has 1 aliphatic heterocycles. The molecule has 1 N–H and O–H groups in total. The third-order valence-corrected chi connectivity index (χ3v) is 7.12. The van der Waals surface area contributed by atoms with Crippen molar-refractivity contribution in [1.82, 2.24) is 10.2 Å². The van der Waals surface area contributed by atoms with E-state index in [2.05, 4.69) is 10.3 Å². The van der Waals surface area contributed by atoms with E-state index in [0.29, 0.717) is 32.2 Å². The van der Waals surface area contributed by atoms with Gasteiger partial charge >= 0.3 is 0 Å². The van der Waals surface area contributed by atoms with E-state index in [4.69, 9.17) is 4.74 Å². The number of hydrogen-bond acceptors (Lipinski definition) is 6. The van der Waals surface area contributed by atoms with Crippen LogP contribution in [0.5, 0.6) is 0 Å². The Kier molecular flexibility index (Phi) is 6.84. The quantitative estimate of drug-likeness (QED) is 0.369. The molecule has 0 aromatic carbocycles. The van der Waals surface area contributed by atoms with Crippen LogP contribution in [0.4, 0.5) is 0 Å². The van der Waals surface area contributed by atoms with E-state index in [1.165, 1.54) is 6.26 Å². The Hall–Kier alpha value is -0.870. The Morgan fingerprint density at radius 3 is 2.52 bits per heavy atom. The lowest BCUT2D eigenvalue weighted by atomic mass is 10.2. The molecule has 0 aromatic rings. The maximum absolute atomic E-state index is 12.0. The zero-order valence-electron chi connectivity index (χ0n) is 14.2. The van der Waals surface area contributed by atoms with Crippen molar-refractivity contribution in [2.75, 3.05) is 57.7 Å². The summed E-state index contributed by atoms with van der Waals surface area (Å²) in [5, 5.41) is 3.11. The monoisotopic (exact) mass is 369 g/mol. The minimum absolute atomic E-state index is 0.000101. The summed E-state index contributed by atoms with van der Waals surface area (Å²) < 4.78 is 50.4. The lowest BCUT2D eigenvalue weighted by Gasteiger charge is -2.39. The molecular formula is C13H27N3O5S2. The molecule has 0 atom stereocenters. The van der Waals surface area contributed by atoms with Gasteiger partial charge in [-0.05, 0) is 13.8 Å². The highest BCUT2D eigenvalue weighted by atomic mass is 32.2. The fourth-order valence-corrected chi connectivity index (χ4v) is 3.99. The summed E-state index contributed by atoms with van der Waals surface area (Å²) in [6.45, 7) is 5.20. The van der Waals surface area contributed by atoms with E-state index < -0.39 is 24.4 Å². The van der Waals surface area contributed by atoms with Gasteiger partial charge in [0.15, 0.2) is 15.8 Å². The van der Waals surface area contributed by atoms with E-state index in [1.807, 2.05) is 4.90 Å². The number of nitrogens with zero attached hydrogens (tertiary/aromatic N) is 2. The number of sulfone groups is 2. The molecule has 0 spiro atoms. The number of hydrogen-bond donors (Lipinski definition) is 1. The van der Waals surface area contributed by atoms with Crippen molar-refractivity contribution >= 4 is 25.6 Å². The summed E-state index contributed by atoms with van der Waals surface area (Å²) in [5.74, 6) is 0.727. The van der Waals surface area contributed by atoms with Gasteiger partial charge in [0.2, 0.25) is 0 Å². The van der Waals surface area contributed by atoms with Crippen molar-refractivity contribution in [3.63, 3.8) is 0 Å². The van der Waals surface area contributed by atoms with E-state index in [0.717, 1.165) is 0 Å². The first-order valence-corrected chi connectivity index (χ1v) is 11.1. The number of nitrogens with one attached hydrogen (secondary N) is 1. The standard InChI is InChI=1S/C13H27N3O5S2/c1-13(2)11-16(6-9-23(13,19)20)12(14-3)15-5-7-21-8-10-22(4,17)18/h5-11H2,1-4H3,(H,14,15). The predicted molar refractivity (Wildman–Crippen MR) is 91.3 cm³/mol. The molecule has 136 valence electrons. The number of aliphatic imine (C=N–C) groups is 1. The second-order valence-electron chi connectivity index (χ2n) is 6.22. The van der Waals surface area contributed by atoms with Crippen molar-refractivity contribution in [1.29, 1.82) is 0 Å². The number of rotatable bonds is 6. The largest absolute Gasteiger partial charge is 0.379 e. The van der Waals surface area contributed by atoms with Gasteiger partial charge in [-0.15, -0.1) is 0 Å². The average Bonchev–Trinajstić information content (AvgIpc) is 2.40. The molecule has 0 saturated carbocycles. The first-order chi connectivity index (χ1) is 10.5. The third kappa shape index (κ3) is 6.27. The number of ether oxygens (including phenoxy) is 1. The highest BCUT2D eigenvalue weighted by molar-refractivity contribution is 7.92. The van der Waals surface area contributed by atoms with Gasteiger partial charge in [0.1, 0.15) is 9.84 Å². The van der Waals surface area contributed by atoms with Gasteiger partial charge in [0.05, 0.1) is 29.5 Å². The fourth-order valence-electron chi connectivity index (χ4n) is 2.20. The molecule has 10 heteroatoms. The summed E-state index contributed by atoms with van der Waals surface area (Å²) in [6, 6.07) is 0. The molecule has 1 rings (SSSR count). The van der Waals surface area contributed by atoms with Gasteiger partial charge in [-0.3, -0.25) is 4.99 Å². The van der Waals surface area contributed by atoms with Crippen LogP contribution in [-0.4, -0.2) is 90.1 Å². The molecule has 0 bridgehead atoms. The van der Waals surface area contributed by atoms with E-state index in [-0.39, 0.29) is 18.1 Å². The topological polar surface area (TPSA) is 105 Å². The summed E-state index contributed by atoms with van der Waals surface area (Å²) in [4.78, 5) is 6.08. The summed E-state index contributed by atoms with van der Waals surface area (Å²) in [7, 11) is -4.45. The van der Waals surface area contributed by atoms with Crippen LogP contribution in [0.2, 0.25) is 0 Å². The molecule has 1 heterocycles. The van der Waals surface area contributed by atoms with Crippen molar-refractivity contribution in [3.8, 4) is 0 Å². The maximum atomic E-state index is 12.0. The molecule has 0 amide bonds. The first kappa shape index (κ1) is 20.2.